The summed E-state index contributed by atoms with van der Waals surface area (Å²) in [5, 5.41) is 11.8. The predicted octanol–water partition coefficient (Wildman–Crippen LogP) is 2.64. The Kier molecular flexibility index (Phi) is 3.55. The van der Waals surface area contributed by atoms with Crippen LogP contribution < -0.4 is 10.1 Å². The molecule has 3 rings (SSSR count). The fourth-order valence-electron chi connectivity index (χ4n) is 2.43. The molecule has 0 saturated heterocycles. The lowest BCUT2D eigenvalue weighted by molar-refractivity contribution is -0.122. The number of rotatable bonds is 3. The van der Waals surface area contributed by atoms with Crippen molar-refractivity contribution in [3.8, 4) is 5.75 Å². The summed E-state index contributed by atoms with van der Waals surface area (Å²) in [5.74, 6) is -0.583. The molecule has 2 aromatic rings. The molecule has 0 spiro atoms. The van der Waals surface area contributed by atoms with E-state index in [1.54, 1.807) is 6.07 Å². The Labute approximate surface area is 127 Å². The highest BCUT2D eigenvalue weighted by Crippen LogP contribution is 2.29. The predicted molar refractivity (Wildman–Crippen MR) is 81.3 cm³/mol. The van der Waals surface area contributed by atoms with Gasteiger partial charge in [0.2, 0.25) is 0 Å². The number of hydrogen-bond acceptors (Lipinski definition) is 3. The molecule has 1 atom stereocenters. The number of carboxylic acids is 1. The molecular weight excluding hydrogens is 282 g/mol. The first-order chi connectivity index (χ1) is 10.5. The molecule has 1 heterocycles. The average molecular weight is 297 g/mol. The molecule has 0 bridgehead atoms. The van der Waals surface area contributed by atoms with Crippen molar-refractivity contribution in [1.29, 1.82) is 0 Å². The molecule has 1 amide bonds. The number of aromatic carboxylic acids is 1. The van der Waals surface area contributed by atoms with Crippen molar-refractivity contribution < 1.29 is 19.4 Å². The largest absolute Gasteiger partial charge is 0.480 e. The van der Waals surface area contributed by atoms with E-state index >= 15 is 0 Å². The third-order valence-electron chi connectivity index (χ3n) is 3.68. The Bertz CT molecular complexity index is 729. The number of benzene rings is 2. The molecule has 0 radical (unpaired) electrons. The topological polar surface area (TPSA) is 75.6 Å². The molecule has 1 aliphatic rings. The molecule has 112 valence electrons. The first-order valence-electron chi connectivity index (χ1n) is 6.94. The SMILES string of the molecule is Cc1ccc(C(=O)O)cc1NC(=O)C1Cc2ccccc2O1. The lowest BCUT2D eigenvalue weighted by Gasteiger charge is -2.13. The van der Waals surface area contributed by atoms with Gasteiger partial charge in [-0.15, -0.1) is 0 Å². The monoisotopic (exact) mass is 297 g/mol. The maximum absolute atomic E-state index is 12.3. The van der Waals surface area contributed by atoms with Crippen molar-refractivity contribution >= 4 is 17.6 Å². The quantitative estimate of drug-likeness (QED) is 0.913. The summed E-state index contributed by atoms with van der Waals surface area (Å²) >= 11 is 0. The van der Waals surface area contributed by atoms with Crippen LogP contribution in [-0.4, -0.2) is 23.1 Å². The summed E-state index contributed by atoms with van der Waals surface area (Å²) in [5.41, 5.74) is 2.42. The molecule has 2 N–H and O–H groups in total. The van der Waals surface area contributed by atoms with Crippen LogP contribution in [0.1, 0.15) is 21.5 Å². The van der Waals surface area contributed by atoms with Crippen LogP contribution in [0.5, 0.6) is 5.75 Å². The lowest BCUT2D eigenvalue weighted by atomic mass is 10.1. The van der Waals surface area contributed by atoms with Gasteiger partial charge < -0.3 is 15.2 Å². The third kappa shape index (κ3) is 2.65. The van der Waals surface area contributed by atoms with Crippen LogP contribution in [0, 0.1) is 6.92 Å². The second-order valence-electron chi connectivity index (χ2n) is 5.24. The Balaban J connectivity index is 1.76. The number of ether oxygens (including phenoxy) is 1. The van der Waals surface area contributed by atoms with Crippen LogP contribution in [0.25, 0.3) is 0 Å². The van der Waals surface area contributed by atoms with Crippen LogP contribution >= 0.6 is 0 Å². The van der Waals surface area contributed by atoms with E-state index in [-0.39, 0.29) is 11.5 Å². The van der Waals surface area contributed by atoms with E-state index in [1.165, 1.54) is 12.1 Å². The van der Waals surface area contributed by atoms with Gasteiger partial charge in [0.05, 0.1) is 5.56 Å². The Morgan fingerprint density at radius 1 is 1.23 bits per heavy atom. The third-order valence-corrected chi connectivity index (χ3v) is 3.68. The second-order valence-corrected chi connectivity index (χ2v) is 5.24. The normalized spacial score (nSPS) is 15.8. The van der Waals surface area contributed by atoms with Crippen LogP contribution in [0.3, 0.4) is 0 Å². The number of aryl methyl sites for hydroxylation is 1. The summed E-state index contributed by atoms with van der Waals surface area (Å²) in [6.07, 6.45) is -0.0788. The minimum absolute atomic E-state index is 0.136. The van der Waals surface area contributed by atoms with Gasteiger partial charge in [-0.25, -0.2) is 4.79 Å². The first kappa shape index (κ1) is 14.1. The molecule has 2 aromatic carbocycles. The number of nitrogens with one attached hydrogen (secondary N) is 1. The van der Waals surface area contributed by atoms with Crippen molar-refractivity contribution in [3.05, 3.63) is 59.2 Å². The summed E-state index contributed by atoms with van der Waals surface area (Å²) in [4.78, 5) is 23.4. The molecule has 0 aliphatic carbocycles. The van der Waals surface area contributed by atoms with E-state index < -0.39 is 12.1 Å². The van der Waals surface area contributed by atoms with Gasteiger partial charge in [0.25, 0.3) is 5.91 Å². The fraction of sp³-hybridized carbons (Fsp3) is 0.176. The van der Waals surface area contributed by atoms with Gasteiger partial charge in [0.1, 0.15) is 5.75 Å². The van der Waals surface area contributed by atoms with Gasteiger partial charge in [0.15, 0.2) is 6.10 Å². The van der Waals surface area contributed by atoms with Crippen molar-refractivity contribution in [1.82, 2.24) is 0 Å². The van der Waals surface area contributed by atoms with Crippen LogP contribution in [0.2, 0.25) is 0 Å². The second kappa shape index (κ2) is 5.52. The summed E-state index contributed by atoms with van der Waals surface area (Å²) in [6, 6.07) is 12.2. The number of fused-ring (bicyclic) bond motifs is 1. The van der Waals surface area contributed by atoms with Gasteiger partial charge in [-0.2, -0.15) is 0 Å². The smallest absolute Gasteiger partial charge is 0.335 e. The molecule has 1 aliphatic heterocycles. The number of carboxylic acid groups (broad SMARTS) is 1. The number of carbonyl (C=O) groups is 2. The van der Waals surface area contributed by atoms with Gasteiger partial charge in [-0.1, -0.05) is 24.3 Å². The Hall–Kier alpha value is -2.82. The summed E-state index contributed by atoms with van der Waals surface area (Å²) in [6.45, 7) is 1.81. The van der Waals surface area contributed by atoms with Gasteiger partial charge in [0, 0.05) is 12.1 Å². The highest BCUT2D eigenvalue weighted by atomic mass is 16.5. The van der Waals surface area contributed by atoms with Crippen molar-refractivity contribution in [2.75, 3.05) is 5.32 Å². The van der Waals surface area contributed by atoms with E-state index in [1.807, 2.05) is 31.2 Å². The summed E-state index contributed by atoms with van der Waals surface area (Å²) < 4.78 is 5.63. The number of anilines is 1. The molecule has 5 nitrogen and oxygen atoms in total. The fourth-order valence-corrected chi connectivity index (χ4v) is 2.43. The lowest BCUT2D eigenvalue weighted by Crippen LogP contribution is -2.31. The van der Waals surface area contributed by atoms with Crippen molar-refractivity contribution in [3.63, 3.8) is 0 Å². The molecule has 0 aromatic heterocycles. The minimum Gasteiger partial charge on any atom is -0.480 e. The molecular formula is C17H15NO4. The van der Waals surface area contributed by atoms with E-state index in [9.17, 15) is 9.59 Å². The van der Waals surface area contributed by atoms with Gasteiger partial charge in [-0.05, 0) is 36.2 Å². The Morgan fingerprint density at radius 3 is 2.73 bits per heavy atom. The number of para-hydroxylation sites is 1. The van der Waals surface area contributed by atoms with E-state index in [2.05, 4.69) is 5.32 Å². The molecule has 22 heavy (non-hydrogen) atoms. The minimum atomic E-state index is -1.03. The van der Waals surface area contributed by atoms with Crippen molar-refractivity contribution in [2.24, 2.45) is 0 Å². The standard InChI is InChI=1S/C17H15NO4/c1-10-6-7-12(17(20)21)8-13(10)18-16(19)15-9-11-4-2-3-5-14(11)22-15/h2-8,15H,9H2,1H3,(H,18,19)(H,20,21). The highest BCUT2D eigenvalue weighted by molar-refractivity contribution is 5.97. The maximum atomic E-state index is 12.3. The molecule has 5 heteroatoms. The zero-order valence-corrected chi connectivity index (χ0v) is 12.0. The van der Waals surface area contributed by atoms with Gasteiger partial charge >= 0.3 is 5.97 Å². The van der Waals surface area contributed by atoms with E-state index in [4.69, 9.17) is 9.84 Å². The first-order valence-corrected chi connectivity index (χ1v) is 6.94. The van der Waals surface area contributed by atoms with Crippen LogP contribution in [-0.2, 0) is 11.2 Å². The molecule has 0 fully saturated rings. The van der Waals surface area contributed by atoms with E-state index in [0.717, 1.165) is 16.9 Å². The number of carbonyl (C=O) groups excluding carboxylic acids is 1. The maximum Gasteiger partial charge on any atom is 0.335 e. The highest BCUT2D eigenvalue weighted by Gasteiger charge is 2.29. The average Bonchev–Trinajstić information content (AvgIpc) is 2.93. The van der Waals surface area contributed by atoms with Gasteiger partial charge in [-0.3, -0.25) is 4.79 Å². The summed E-state index contributed by atoms with van der Waals surface area (Å²) in [7, 11) is 0. The van der Waals surface area contributed by atoms with Crippen LogP contribution in [0.4, 0.5) is 5.69 Å². The molecule has 1 unspecified atom stereocenters. The van der Waals surface area contributed by atoms with Crippen molar-refractivity contribution in [2.45, 2.75) is 19.4 Å². The molecule has 0 saturated carbocycles. The number of amides is 1. The van der Waals surface area contributed by atoms with E-state index in [0.29, 0.717) is 12.1 Å². The number of hydrogen-bond donors (Lipinski definition) is 2. The Morgan fingerprint density at radius 2 is 2.00 bits per heavy atom. The zero-order chi connectivity index (χ0) is 15.7. The van der Waals surface area contributed by atoms with Crippen LogP contribution in [0.15, 0.2) is 42.5 Å². The zero-order valence-electron chi connectivity index (χ0n) is 12.0.